The van der Waals surface area contributed by atoms with Crippen molar-refractivity contribution in [2.45, 2.75) is 0 Å². The zero-order valence-corrected chi connectivity index (χ0v) is 7.78. The van der Waals surface area contributed by atoms with Crippen LogP contribution in [0.1, 0.15) is 0 Å². The zero-order valence-electron chi connectivity index (χ0n) is 7.78. The van der Waals surface area contributed by atoms with Crippen molar-refractivity contribution in [3.8, 4) is 11.4 Å². The van der Waals surface area contributed by atoms with Gasteiger partial charge < -0.3 is 10.0 Å². The molecule has 6 heteroatoms. The summed E-state index contributed by atoms with van der Waals surface area (Å²) in [6.07, 6.45) is 6.06. The molecule has 0 atom stereocenters. The molecule has 5 nitrogen and oxygen atoms in total. The molecule has 0 saturated heterocycles. The Morgan fingerprint density at radius 2 is 1.60 bits per heavy atom. The fourth-order valence-electron chi connectivity index (χ4n) is 1.12. The molecule has 0 spiro atoms. The SMILES string of the molecule is OB(O)c1cnc(-c2ccncc2)nc1. The second kappa shape index (κ2) is 4.16. The maximum Gasteiger partial charge on any atom is 0.491 e. The first-order valence-corrected chi connectivity index (χ1v) is 4.36. The van der Waals surface area contributed by atoms with Crippen molar-refractivity contribution in [2.75, 3.05) is 0 Å². The highest BCUT2D eigenvalue weighted by Crippen LogP contribution is 2.10. The first-order chi connectivity index (χ1) is 7.27. The van der Waals surface area contributed by atoms with E-state index in [1.807, 2.05) is 0 Å². The molecule has 0 aliphatic carbocycles. The maximum atomic E-state index is 8.85. The summed E-state index contributed by atoms with van der Waals surface area (Å²) in [4.78, 5) is 11.9. The van der Waals surface area contributed by atoms with Crippen LogP contribution in [0.25, 0.3) is 11.4 Å². The normalized spacial score (nSPS) is 10.0. The van der Waals surface area contributed by atoms with E-state index in [1.165, 1.54) is 12.4 Å². The summed E-state index contributed by atoms with van der Waals surface area (Å²) in [5.41, 5.74) is 1.11. The van der Waals surface area contributed by atoms with Gasteiger partial charge in [-0.05, 0) is 12.1 Å². The molecule has 2 aromatic heterocycles. The summed E-state index contributed by atoms with van der Waals surface area (Å²) in [6.45, 7) is 0. The van der Waals surface area contributed by atoms with Gasteiger partial charge in [0.2, 0.25) is 0 Å². The minimum Gasteiger partial charge on any atom is -0.423 e. The molecule has 2 heterocycles. The lowest BCUT2D eigenvalue weighted by Crippen LogP contribution is -2.30. The van der Waals surface area contributed by atoms with Crippen molar-refractivity contribution < 1.29 is 10.0 Å². The van der Waals surface area contributed by atoms with Crippen LogP contribution in [-0.2, 0) is 0 Å². The highest BCUT2D eigenvalue weighted by molar-refractivity contribution is 6.58. The van der Waals surface area contributed by atoms with E-state index in [4.69, 9.17) is 10.0 Å². The summed E-state index contributed by atoms with van der Waals surface area (Å²) in [7, 11) is -1.53. The number of rotatable bonds is 2. The van der Waals surface area contributed by atoms with Crippen LogP contribution >= 0.6 is 0 Å². The Labute approximate surface area is 86.6 Å². The van der Waals surface area contributed by atoms with E-state index in [0.29, 0.717) is 5.82 Å². The van der Waals surface area contributed by atoms with Crippen molar-refractivity contribution in [1.82, 2.24) is 15.0 Å². The molecule has 0 radical (unpaired) electrons. The molecule has 2 rings (SSSR count). The molecule has 15 heavy (non-hydrogen) atoms. The Morgan fingerprint density at radius 3 is 2.13 bits per heavy atom. The van der Waals surface area contributed by atoms with Crippen LogP contribution in [0, 0.1) is 0 Å². The molecule has 2 aromatic rings. The second-order valence-electron chi connectivity index (χ2n) is 2.95. The predicted octanol–water partition coefficient (Wildman–Crippen LogP) is -0.782. The van der Waals surface area contributed by atoms with Crippen molar-refractivity contribution >= 4 is 12.6 Å². The molecule has 0 bridgehead atoms. The van der Waals surface area contributed by atoms with Crippen molar-refractivity contribution in [1.29, 1.82) is 0 Å². The lowest BCUT2D eigenvalue weighted by atomic mass is 9.83. The van der Waals surface area contributed by atoms with Crippen LogP contribution in [0.3, 0.4) is 0 Å². The van der Waals surface area contributed by atoms with Crippen LogP contribution in [0.5, 0.6) is 0 Å². The monoisotopic (exact) mass is 201 g/mol. The van der Waals surface area contributed by atoms with E-state index in [1.54, 1.807) is 24.5 Å². The van der Waals surface area contributed by atoms with E-state index in [0.717, 1.165) is 5.56 Å². The average molecular weight is 201 g/mol. The van der Waals surface area contributed by atoms with Crippen molar-refractivity contribution in [3.05, 3.63) is 36.9 Å². The van der Waals surface area contributed by atoms with Crippen LogP contribution in [0.4, 0.5) is 0 Å². The van der Waals surface area contributed by atoms with E-state index in [-0.39, 0.29) is 5.46 Å². The van der Waals surface area contributed by atoms with Gasteiger partial charge in [0.1, 0.15) is 0 Å². The van der Waals surface area contributed by atoms with Crippen molar-refractivity contribution in [2.24, 2.45) is 0 Å². The molecule has 0 fully saturated rings. The second-order valence-corrected chi connectivity index (χ2v) is 2.95. The van der Waals surface area contributed by atoms with Gasteiger partial charge in [0, 0.05) is 35.8 Å². The molecule has 2 N–H and O–H groups in total. The number of hydrogen-bond acceptors (Lipinski definition) is 5. The largest absolute Gasteiger partial charge is 0.491 e. The Hall–Kier alpha value is -1.79. The minimum atomic E-state index is -1.53. The summed E-state index contributed by atoms with van der Waals surface area (Å²) in [5.74, 6) is 0.529. The molecule has 74 valence electrons. The van der Waals surface area contributed by atoms with Gasteiger partial charge in [-0.15, -0.1) is 0 Å². The number of aromatic nitrogens is 3. The van der Waals surface area contributed by atoms with Crippen LogP contribution in [0.15, 0.2) is 36.9 Å². The fourth-order valence-corrected chi connectivity index (χ4v) is 1.12. The molecule has 0 amide bonds. The Morgan fingerprint density at radius 1 is 1.00 bits per heavy atom. The van der Waals surface area contributed by atoms with Crippen LogP contribution in [-0.4, -0.2) is 32.1 Å². The molecule has 0 aliphatic heterocycles. The highest BCUT2D eigenvalue weighted by Gasteiger charge is 2.11. The van der Waals surface area contributed by atoms with E-state index in [9.17, 15) is 0 Å². The molecule has 0 aromatic carbocycles. The molecule has 0 saturated carbocycles. The van der Waals surface area contributed by atoms with E-state index < -0.39 is 7.12 Å². The van der Waals surface area contributed by atoms with Gasteiger partial charge in [0.15, 0.2) is 5.82 Å². The number of hydrogen-bond donors (Lipinski definition) is 2. The quantitative estimate of drug-likeness (QED) is 0.623. The third-order valence-electron chi connectivity index (χ3n) is 1.91. The average Bonchev–Trinajstić information content (AvgIpc) is 2.30. The summed E-state index contributed by atoms with van der Waals surface area (Å²) in [6, 6.07) is 3.56. The smallest absolute Gasteiger partial charge is 0.423 e. The summed E-state index contributed by atoms with van der Waals surface area (Å²) in [5, 5.41) is 17.7. The molecule has 0 unspecified atom stereocenters. The van der Waals surface area contributed by atoms with Gasteiger partial charge in [-0.2, -0.15) is 0 Å². The molecule has 0 aliphatic rings. The highest BCUT2D eigenvalue weighted by atomic mass is 16.4. The van der Waals surface area contributed by atoms with Crippen molar-refractivity contribution in [3.63, 3.8) is 0 Å². The Kier molecular flexibility index (Phi) is 2.71. The lowest BCUT2D eigenvalue weighted by molar-refractivity contribution is 0.425. The first kappa shape index (κ1) is 9.76. The molecular formula is C9H8BN3O2. The fraction of sp³-hybridized carbons (Fsp3) is 0. The van der Waals surface area contributed by atoms with Gasteiger partial charge in [-0.3, -0.25) is 4.98 Å². The third-order valence-corrected chi connectivity index (χ3v) is 1.91. The standard InChI is InChI=1S/C9H8BN3O2/c14-10(15)8-5-12-9(13-6-8)7-1-3-11-4-2-7/h1-6,14-15H. The van der Waals surface area contributed by atoms with Gasteiger partial charge in [0.05, 0.1) is 0 Å². The first-order valence-electron chi connectivity index (χ1n) is 4.36. The Balaban J connectivity index is 2.32. The Bertz CT molecular complexity index is 433. The van der Waals surface area contributed by atoms with Crippen LogP contribution < -0.4 is 5.46 Å². The zero-order chi connectivity index (χ0) is 10.7. The van der Waals surface area contributed by atoms with Gasteiger partial charge in [-0.1, -0.05) is 0 Å². The van der Waals surface area contributed by atoms with Gasteiger partial charge >= 0.3 is 7.12 Å². The third kappa shape index (κ3) is 2.17. The van der Waals surface area contributed by atoms with Crippen LogP contribution in [0.2, 0.25) is 0 Å². The summed E-state index contributed by atoms with van der Waals surface area (Å²) < 4.78 is 0. The topological polar surface area (TPSA) is 79.1 Å². The van der Waals surface area contributed by atoms with Gasteiger partial charge in [-0.25, -0.2) is 9.97 Å². The number of pyridine rings is 1. The van der Waals surface area contributed by atoms with Gasteiger partial charge in [0.25, 0.3) is 0 Å². The maximum absolute atomic E-state index is 8.85. The number of nitrogens with zero attached hydrogens (tertiary/aromatic N) is 3. The lowest BCUT2D eigenvalue weighted by Gasteiger charge is -2.00. The van der Waals surface area contributed by atoms with E-state index >= 15 is 0 Å². The molecular weight excluding hydrogens is 193 g/mol. The predicted molar refractivity (Wildman–Crippen MR) is 55.1 cm³/mol. The summed E-state index contributed by atoms with van der Waals surface area (Å²) >= 11 is 0. The minimum absolute atomic E-state index is 0.271. The van der Waals surface area contributed by atoms with E-state index in [2.05, 4.69) is 15.0 Å².